The molecule has 1 aromatic rings. The molecule has 10 heteroatoms. The molecule has 2 rings (SSSR count). The van der Waals surface area contributed by atoms with Crippen LogP contribution in [0.15, 0.2) is 18.2 Å². The van der Waals surface area contributed by atoms with Crippen molar-refractivity contribution in [3.05, 3.63) is 23.8 Å². The lowest BCUT2D eigenvalue weighted by Gasteiger charge is -2.33. The summed E-state index contributed by atoms with van der Waals surface area (Å²) in [5, 5.41) is 8.85. The molecule has 162 valence electrons. The van der Waals surface area contributed by atoms with Gasteiger partial charge in [0, 0.05) is 37.6 Å². The molecule has 7 nitrogen and oxygen atoms in total. The van der Waals surface area contributed by atoms with Crippen LogP contribution in [0.5, 0.6) is 11.5 Å². The standard InChI is InChI=1S/C19H24F3NO6/c1-18(2,3)29-17(26)23-8-6-13(7-9-23)27-14-5-4-12(10-16(24)25)15(11-14)28-19(20,21)22/h4-5,11,13H,6-10H2,1-3H3,(H,24,25). The Balaban J connectivity index is 2.01. The molecule has 0 spiro atoms. The number of likely N-dealkylation sites (tertiary alicyclic amines) is 1. The first-order chi connectivity index (χ1) is 13.3. The van der Waals surface area contributed by atoms with Crippen LogP contribution in [0.1, 0.15) is 39.2 Å². The van der Waals surface area contributed by atoms with E-state index in [-0.39, 0.29) is 17.4 Å². The van der Waals surface area contributed by atoms with Gasteiger partial charge in [-0.15, -0.1) is 13.2 Å². The monoisotopic (exact) mass is 419 g/mol. The summed E-state index contributed by atoms with van der Waals surface area (Å²) in [6.45, 7) is 6.10. The smallest absolute Gasteiger partial charge is 0.490 e. The van der Waals surface area contributed by atoms with Gasteiger partial charge in [-0.05, 0) is 26.8 Å². The molecule has 0 unspecified atom stereocenters. The molecule has 1 amide bonds. The molecule has 1 N–H and O–H groups in total. The van der Waals surface area contributed by atoms with E-state index in [9.17, 15) is 22.8 Å². The summed E-state index contributed by atoms with van der Waals surface area (Å²) < 4.78 is 52.9. The molecule has 0 aromatic heterocycles. The van der Waals surface area contributed by atoms with Crippen molar-refractivity contribution in [2.75, 3.05) is 13.1 Å². The minimum atomic E-state index is -4.95. The molecule has 0 aliphatic carbocycles. The fraction of sp³-hybridized carbons (Fsp3) is 0.579. The van der Waals surface area contributed by atoms with Crippen molar-refractivity contribution in [2.45, 2.75) is 58.1 Å². The van der Waals surface area contributed by atoms with E-state index in [1.165, 1.54) is 12.1 Å². The topological polar surface area (TPSA) is 85.3 Å². The average molecular weight is 419 g/mol. The minimum Gasteiger partial charge on any atom is -0.490 e. The van der Waals surface area contributed by atoms with E-state index in [1.807, 2.05) is 0 Å². The lowest BCUT2D eigenvalue weighted by Crippen LogP contribution is -2.44. The van der Waals surface area contributed by atoms with Crippen molar-refractivity contribution in [1.82, 2.24) is 4.90 Å². The second-order valence-corrected chi connectivity index (χ2v) is 7.67. The molecule has 1 heterocycles. The van der Waals surface area contributed by atoms with Crippen LogP contribution in [0.2, 0.25) is 0 Å². The Morgan fingerprint density at radius 1 is 1.17 bits per heavy atom. The number of carboxylic acids is 1. The van der Waals surface area contributed by atoms with Crippen LogP contribution in [0.3, 0.4) is 0 Å². The molecule has 1 fully saturated rings. The van der Waals surface area contributed by atoms with Gasteiger partial charge in [0.2, 0.25) is 0 Å². The summed E-state index contributed by atoms with van der Waals surface area (Å²) in [6, 6.07) is 3.67. The van der Waals surface area contributed by atoms with E-state index in [1.54, 1.807) is 25.7 Å². The molecule has 1 aliphatic rings. The summed E-state index contributed by atoms with van der Waals surface area (Å²) in [6.07, 6.45) is -5.34. The van der Waals surface area contributed by atoms with Crippen molar-refractivity contribution < 1.29 is 42.1 Å². The second kappa shape index (κ2) is 8.79. The Bertz CT molecular complexity index is 736. The third kappa shape index (κ3) is 7.71. The van der Waals surface area contributed by atoms with E-state index in [0.717, 1.165) is 6.07 Å². The van der Waals surface area contributed by atoms with Gasteiger partial charge in [0.1, 0.15) is 23.2 Å². The Morgan fingerprint density at radius 2 is 1.79 bits per heavy atom. The van der Waals surface area contributed by atoms with Gasteiger partial charge < -0.3 is 24.2 Å². The summed E-state index contributed by atoms with van der Waals surface area (Å²) in [7, 11) is 0. The number of carbonyl (C=O) groups is 2. The van der Waals surface area contributed by atoms with Crippen molar-refractivity contribution in [3.63, 3.8) is 0 Å². The highest BCUT2D eigenvalue weighted by molar-refractivity contribution is 5.71. The van der Waals surface area contributed by atoms with Crippen LogP contribution in [0.25, 0.3) is 0 Å². The Morgan fingerprint density at radius 3 is 2.31 bits per heavy atom. The number of alkyl halides is 3. The fourth-order valence-corrected chi connectivity index (χ4v) is 2.81. The molecular weight excluding hydrogens is 395 g/mol. The molecule has 0 radical (unpaired) electrons. The molecular formula is C19H24F3NO6. The lowest BCUT2D eigenvalue weighted by molar-refractivity contribution is -0.275. The highest BCUT2D eigenvalue weighted by atomic mass is 19.4. The van der Waals surface area contributed by atoms with Crippen LogP contribution in [0, 0.1) is 0 Å². The van der Waals surface area contributed by atoms with Crippen LogP contribution < -0.4 is 9.47 Å². The van der Waals surface area contributed by atoms with E-state index >= 15 is 0 Å². The predicted octanol–water partition coefficient (Wildman–Crippen LogP) is 3.99. The van der Waals surface area contributed by atoms with Crippen LogP contribution in [0.4, 0.5) is 18.0 Å². The maximum Gasteiger partial charge on any atom is 0.573 e. The zero-order valence-corrected chi connectivity index (χ0v) is 16.4. The number of rotatable bonds is 5. The molecule has 29 heavy (non-hydrogen) atoms. The number of halogens is 3. The Kier molecular flexibility index (Phi) is 6.86. The molecule has 1 saturated heterocycles. The number of hydrogen-bond donors (Lipinski definition) is 1. The highest BCUT2D eigenvalue weighted by Gasteiger charge is 2.33. The number of carbonyl (C=O) groups excluding carboxylic acids is 1. The number of aliphatic carboxylic acids is 1. The molecule has 0 saturated carbocycles. The zero-order chi connectivity index (χ0) is 21.8. The summed E-state index contributed by atoms with van der Waals surface area (Å²) >= 11 is 0. The summed E-state index contributed by atoms with van der Waals surface area (Å²) in [5.74, 6) is -1.75. The number of amides is 1. The average Bonchev–Trinajstić information content (AvgIpc) is 2.54. The zero-order valence-electron chi connectivity index (χ0n) is 16.4. The number of hydrogen-bond acceptors (Lipinski definition) is 5. The third-order valence-electron chi connectivity index (χ3n) is 4.00. The fourth-order valence-electron chi connectivity index (χ4n) is 2.81. The quantitative estimate of drug-likeness (QED) is 0.777. The van der Waals surface area contributed by atoms with Gasteiger partial charge in [-0.2, -0.15) is 0 Å². The van der Waals surface area contributed by atoms with Crippen LogP contribution in [-0.2, 0) is 16.0 Å². The van der Waals surface area contributed by atoms with Gasteiger partial charge in [0.05, 0.1) is 6.42 Å². The number of carboxylic acid groups (broad SMARTS) is 1. The number of piperidine rings is 1. The normalized spacial score (nSPS) is 15.7. The Hall–Kier alpha value is -2.65. The minimum absolute atomic E-state index is 0.109. The van der Waals surface area contributed by atoms with Gasteiger partial charge in [-0.3, -0.25) is 4.79 Å². The van der Waals surface area contributed by atoms with Crippen molar-refractivity contribution >= 4 is 12.1 Å². The van der Waals surface area contributed by atoms with Crippen LogP contribution >= 0.6 is 0 Å². The SMILES string of the molecule is CC(C)(C)OC(=O)N1CCC(Oc2ccc(CC(=O)O)c(OC(F)(F)F)c2)CC1. The van der Waals surface area contributed by atoms with E-state index < -0.39 is 36.2 Å². The maximum atomic E-state index is 12.6. The first kappa shape index (κ1) is 22.6. The summed E-state index contributed by atoms with van der Waals surface area (Å²) in [5.41, 5.74) is -0.710. The Labute approximate surface area is 166 Å². The van der Waals surface area contributed by atoms with Gasteiger partial charge in [0.25, 0.3) is 0 Å². The van der Waals surface area contributed by atoms with Crippen molar-refractivity contribution in [1.29, 1.82) is 0 Å². The largest absolute Gasteiger partial charge is 0.573 e. The maximum absolute atomic E-state index is 12.6. The van der Waals surface area contributed by atoms with Crippen LogP contribution in [-0.4, -0.2) is 53.2 Å². The third-order valence-corrected chi connectivity index (χ3v) is 4.00. The molecule has 1 aromatic carbocycles. The lowest BCUT2D eigenvalue weighted by atomic mass is 10.1. The second-order valence-electron chi connectivity index (χ2n) is 7.67. The number of benzene rings is 1. The van der Waals surface area contributed by atoms with E-state index in [4.69, 9.17) is 14.6 Å². The summed E-state index contributed by atoms with van der Waals surface area (Å²) in [4.78, 5) is 24.5. The molecule has 0 atom stereocenters. The first-order valence-corrected chi connectivity index (χ1v) is 9.07. The van der Waals surface area contributed by atoms with E-state index in [2.05, 4.69) is 4.74 Å². The molecule has 1 aliphatic heterocycles. The van der Waals surface area contributed by atoms with Gasteiger partial charge in [0.15, 0.2) is 0 Å². The van der Waals surface area contributed by atoms with Crippen molar-refractivity contribution in [2.24, 2.45) is 0 Å². The van der Waals surface area contributed by atoms with Gasteiger partial charge in [-0.1, -0.05) is 6.07 Å². The van der Waals surface area contributed by atoms with Crippen molar-refractivity contribution in [3.8, 4) is 11.5 Å². The highest BCUT2D eigenvalue weighted by Crippen LogP contribution is 2.32. The van der Waals surface area contributed by atoms with Gasteiger partial charge >= 0.3 is 18.4 Å². The predicted molar refractivity (Wildman–Crippen MR) is 95.9 cm³/mol. The number of nitrogens with zero attached hydrogens (tertiary/aromatic N) is 1. The van der Waals surface area contributed by atoms with Gasteiger partial charge in [-0.25, -0.2) is 4.79 Å². The number of ether oxygens (including phenoxy) is 3. The molecule has 0 bridgehead atoms. The first-order valence-electron chi connectivity index (χ1n) is 9.07. The van der Waals surface area contributed by atoms with E-state index in [0.29, 0.717) is 25.9 Å².